The highest BCUT2D eigenvalue weighted by atomic mass is 79.9. The summed E-state index contributed by atoms with van der Waals surface area (Å²) in [6.07, 6.45) is 1.71. The van der Waals surface area contributed by atoms with Crippen molar-refractivity contribution in [3.63, 3.8) is 0 Å². The minimum Gasteiger partial charge on any atom is -0.493 e. The van der Waals surface area contributed by atoms with Gasteiger partial charge in [-0.25, -0.2) is 9.79 Å². The zero-order valence-corrected chi connectivity index (χ0v) is 27.4. The molecule has 0 spiro atoms. The van der Waals surface area contributed by atoms with Crippen molar-refractivity contribution in [2.45, 2.75) is 19.9 Å². The van der Waals surface area contributed by atoms with E-state index in [2.05, 4.69) is 15.9 Å². The van der Waals surface area contributed by atoms with Crippen LogP contribution < -0.4 is 24.4 Å². The van der Waals surface area contributed by atoms with E-state index in [0.29, 0.717) is 43.6 Å². The lowest BCUT2D eigenvalue weighted by Gasteiger charge is -2.26. The van der Waals surface area contributed by atoms with Crippen molar-refractivity contribution in [3.8, 4) is 22.8 Å². The number of fused-ring (bicyclic) bond motifs is 1. The molecule has 0 fully saturated rings. The van der Waals surface area contributed by atoms with Gasteiger partial charge in [0.1, 0.15) is 11.5 Å². The van der Waals surface area contributed by atoms with Crippen molar-refractivity contribution >= 4 is 45.0 Å². The maximum absolute atomic E-state index is 14.2. The molecule has 1 aliphatic heterocycles. The second-order valence-corrected chi connectivity index (χ2v) is 12.1. The number of hydrogen-bond donors (Lipinski definition) is 0. The van der Waals surface area contributed by atoms with Crippen molar-refractivity contribution in [2.24, 2.45) is 4.99 Å². The maximum Gasteiger partial charge on any atom is 0.338 e. The number of hydrogen-bond acceptors (Lipinski definition) is 8. The third-order valence-electron chi connectivity index (χ3n) is 7.39. The van der Waals surface area contributed by atoms with Gasteiger partial charge in [0.25, 0.3) is 5.56 Å². The van der Waals surface area contributed by atoms with E-state index >= 15 is 0 Å². The minimum atomic E-state index is -0.854. The Hall–Kier alpha value is -4.67. The summed E-state index contributed by atoms with van der Waals surface area (Å²) in [7, 11) is 3.09. The van der Waals surface area contributed by atoms with Crippen molar-refractivity contribution in [1.29, 1.82) is 0 Å². The first-order valence-electron chi connectivity index (χ1n) is 14.2. The molecule has 228 valence electrons. The summed E-state index contributed by atoms with van der Waals surface area (Å²) in [6, 6.07) is 23.6. The van der Waals surface area contributed by atoms with E-state index < -0.39 is 12.0 Å². The molecule has 10 heteroatoms. The molecule has 0 N–H and O–H groups in total. The highest BCUT2D eigenvalue weighted by Gasteiger charge is 2.35. The largest absolute Gasteiger partial charge is 0.493 e. The lowest BCUT2D eigenvalue weighted by Crippen LogP contribution is -2.40. The number of ether oxygens (including phenoxy) is 3. The highest BCUT2D eigenvalue weighted by molar-refractivity contribution is 9.10. The number of nitrogens with zero attached hydrogens (tertiary/aromatic N) is 2. The Morgan fingerprint density at radius 3 is 2.51 bits per heavy atom. The summed E-state index contributed by atoms with van der Waals surface area (Å²) in [6.45, 7) is 3.92. The van der Waals surface area contributed by atoms with Crippen molar-refractivity contribution in [2.75, 3.05) is 20.8 Å². The molecule has 6 rings (SSSR count). The fourth-order valence-corrected chi connectivity index (χ4v) is 6.97. The number of carbonyl (C=O) groups is 1. The molecule has 3 heterocycles. The monoisotopic (exact) mass is 684 g/mol. The summed E-state index contributed by atoms with van der Waals surface area (Å²) >= 11 is 4.84. The number of carbonyl (C=O) groups excluding carboxylic acids is 1. The Bertz CT molecular complexity index is 2130. The average molecular weight is 686 g/mol. The summed E-state index contributed by atoms with van der Waals surface area (Å²) in [5.74, 6) is 1.60. The van der Waals surface area contributed by atoms with Crippen molar-refractivity contribution < 1.29 is 23.4 Å². The molecular weight excluding hydrogens is 656 g/mol. The molecule has 0 saturated heterocycles. The van der Waals surface area contributed by atoms with E-state index in [1.54, 1.807) is 32.2 Å². The second kappa shape index (κ2) is 12.7. The number of furan rings is 1. The number of thiazole rings is 1. The standard InChI is InChI=1S/C35H29BrN2O6S/c1-5-43-34(40)30-31(21-9-7-6-8-10-21)37-35-38(32(30)22-12-15-27(41-3)28(18-22)42-4)33(39)29(45-35)19-23-13-16-26(44-23)24-14-11-20(2)17-25(24)36/h6-19,32H,5H2,1-4H3/b29-19-/t32-/m0/s1. The average Bonchev–Trinajstić information content (AvgIpc) is 3.64. The highest BCUT2D eigenvalue weighted by Crippen LogP contribution is 2.38. The van der Waals surface area contributed by atoms with Gasteiger partial charge in [-0.15, -0.1) is 0 Å². The van der Waals surface area contributed by atoms with E-state index in [4.69, 9.17) is 23.6 Å². The van der Waals surface area contributed by atoms with Gasteiger partial charge in [0.2, 0.25) is 0 Å². The second-order valence-electron chi connectivity index (χ2n) is 10.2. The zero-order valence-electron chi connectivity index (χ0n) is 25.0. The predicted octanol–water partition coefficient (Wildman–Crippen LogP) is 6.28. The number of rotatable bonds is 8. The van der Waals surface area contributed by atoms with E-state index in [1.807, 2.05) is 73.7 Å². The normalized spacial score (nSPS) is 14.6. The molecule has 1 aliphatic rings. The van der Waals surface area contributed by atoms with Crippen molar-refractivity contribution in [3.05, 3.63) is 131 Å². The van der Waals surface area contributed by atoms with Crippen LogP contribution in [0.2, 0.25) is 0 Å². The third kappa shape index (κ3) is 5.79. The topological polar surface area (TPSA) is 92.3 Å². The smallest absolute Gasteiger partial charge is 0.338 e. The van der Waals surface area contributed by atoms with Crippen LogP contribution in [-0.2, 0) is 9.53 Å². The Balaban J connectivity index is 1.58. The van der Waals surface area contributed by atoms with Gasteiger partial charge in [-0.1, -0.05) is 69.7 Å². The van der Waals surface area contributed by atoms with Crippen LogP contribution in [0.4, 0.5) is 0 Å². The number of methoxy groups -OCH3 is 2. The van der Waals surface area contributed by atoms with Crippen LogP contribution in [0.25, 0.3) is 23.1 Å². The molecule has 0 unspecified atom stereocenters. The van der Waals surface area contributed by atoms with Gasteiger partial charge in [-0.05, 0) is 61.4 Å². The summed E-state index contributed by atoms with van der Waals surface area (Å²) in [5.41, 5.74) is 3.76. The molecule has 45 heavy (non-hydrogen) atoms. The van der Waals surface area contributed by atoms with Crippen LogP contribution in [0.5, 0.6) is 11.5 Å². The van der Waals surface area contributed by atoms with Gasteiger partial charge in [-0.2, -0.15) is 0 Å². The molecule has 0 radical (unpaired) electrons. The van der Waals surface area contributed by atoms with Gasteiger partial charge >= 0.3 is 5.97 Å². The van der Waals surface area contributed by atoms with Crippen LogP contribution in [0.3, 0.4) is 0 Å². The molecule has 0 bridgehead atoms. The predicted molar refractivity (Wildman–Crippen MR) is 177 cm³/mol. The maximum atomic E-state index is 14.2. The quantitative estimate of drug-likeness (QED) is 0.179. The fourth-order valence-electron chi connectivity index (χ4n) is 5.30. The van der Waals surface area contributed by atoms with Crippen LogP contribution in [0.15, 0.2) is 103 Å². The van der Waals surface area contributed by atoms with Crippen LogP contribution in [-0.4, -0.2) is 31.4 Å². The zero-order chi connectivity index (χ0) is 31.7. The van der Waals surface area contributed by atoms with Crippen LogP contribution in [0.1, 0.15) is 35.4 Å². The van der Waals surface area contributed by atoms with Gasteiger partial charge in [0, 0.05) is 21.7 Å². The van der Waals surface area contributed by atoms with E-state index in [-0.39, 0.29) is 17.7 Å². The molecule has 3 aromatic carbocycles. The SMILES string of the molecule is CCOC(=O)C1=C(c2ccccc2)N=c2s/c(=C\c3ccc(-c4ccc(C)cc4Br)o3)c(=O)n2[C@H]1c1ccc(OC)c(OC)c1. The number of aryl methyl sites for hydroxylation is 1. The number of benzene rings is 3. The molecule has 2 aromatic heterocycles. The first-order valence-corrected chi connectivity index (χ1v) is 15.8. The fraction of sp³-hybridized carbons (Fsp3) is 0.171. The molecule has 0 saturated carbocycles. The Morgan fingerprint density at radius 1 is 1.02 bits per heavy atom. The van der Waals surface area contributed by atoms with E-state index in [1.165, 1.54) is 23.0 Å². The Kier molecular flexibility index (Phi) is 8.60. The summed E-state index contributed by atoms with van der Waals surface area (Å²) < 4.78 is 25.6. The van der Waals surface area contributed by atoms with Crippen LogP contribution in [0, 0.1) is 6.92 Å². The van der Waals surface area contributed by atoms with Gasteiger partial charge in [-0.3, -0.25) is 9.36 Å². The lowest BCUT2D eigenvalue weighted by atomic mass is 9.93. The minimum absolute atomic E-state index is 0.158. The number of halogens is 1. The van der Waals surface area contributed by atoms with Crippen LogP contribution >= 0.6 is 27.3 Å². The van der Waals surface area contributed by atoms with E-state index in [9.17, 15) is 9.59 Å². The van der Waals surface area contributed by atoms with Gasteiger partial charge in [0.15, 0.2) is 16.3 Å². The summed E-state index contributed by atoms with van der Waals surface area (Å²) in [5, 5.41) is 0. The number of esters is 1. The summed E-state index contributed by atoms with van der Waals surface area (Å²) in [4.78, 5) is 33.3. The first-order chi connectivity index (χ1) is 21.8. The third-order valence-corrected chi connectivity index (χ3v) is 9.03. The van der Waals surface area contributed by atoms with Crippen molar-refractivity contribution in [1.82, 2.24) is 4.57 Å². The van der Waals surface area contributed by atoms with Gasteiger partial charge in [0.05, 0.1) is 42.7 Å². The lowest BCUT2D eigenvalue weighted by molar-refractivity contribution is -0.138. The van der Waals surface area contributed by atoms with Gasteiger partial charge < -0.3 is 18.6 Å². The molecule has 0 aliphatic carbocycles. The van der Waals surface area contributed by atoms with E-state index in [0.717, 1.165) is 21.2 Å². The Morgan fingerprint density at radius 2 is 1.80 bits per heavy atom. The first kappa shape index (κ1) is 30.4. The molecule has 0 amide bonds. The molecule has 5 aromatic rings. The number of aromatic nitrogens is 1. The molecule has 8 nitrogen and oxygen atoms in total. The Labute approximate surface area is 271 Å². The molecular formula is C35H29BrN2O6S. The molecule has 1 atom stereocenters.